The maximum Gasteiger partial charge on any atom is 0.426 e. The van der Waals surface area contributed by atoms with Crippen LogP contribution >= 0.6 is 11.6 Å². The molecule has 1 aromatic heterocycles. The van der Waals surface area contributed by atoms with Gasteiger partial charge in [0.05, 0.1) is 10.6 Å². The molecule has 0 radical (unpaired) electrons. The van der Waals surface area contributed by atoms with Crippen molar-refractivity contribution >= 4 is 29.2 Å². The Bertz CT molecular complexity index is 721. The molecule has 20 heavy (non-hydrogen) atoms. The number of benzene rings is 1. The standard InChI is InChI=1S/C11H8ClN3O5/c12-8-2-1-6(3-7(8)11(18)19)13-9(16)4-15-5-10(17)20-14-15/h1-3,5H,4H2,(H2-,13,14,16,17,18,19)/p+1. The Morgan fingerprint density at radius 1 is 1.45 bits per heavy atom. The highest BCUT2D eigenvalue weighted by atomic mass is 35.5. The lowest BCUT2D eigenvalue weighted by Gasteiger charge is -2.04. The average molecular weight is 299 g/mol. The van der Waals surface area contributed by atoms with E-state index in [-0.39, 0.29) is 22.8 Å². The van der Waals surface area contributed by atoms with Gasteiger partial charge in [0, 0.05) is 5.69 Å². The van der Waals surface area contributed by atoms with Gasteiger partial charge in [-0.25, -0.2) is 9.59 Å². The first kappa shape index (κ1) is 13.8. The van der Waals surface area contributed by atoms with Gasteiger partial charge in [0.1, 0.15) is 0 Å². The van der Waals surface area contributed by atoms with Crippen LogP contribution in [-0.2, 0) is 11.3 Å². The molecule has 0 bridgehead atoms. The Labute approximate surface area is 116 Å². The van der Waals surface area contributed by atoms with Gasteiger partial charge < -0.3 is 10.4 Å². The molecule has 104 valence electrons. The number of aromatic carboxylic acids is 1. The van der Waals surface area contributed by atoms with E-state index in [4.69, 9.17) is 16.7 Å². The molecule has 0 spiro atoms. The zero-order valence-electron chi connectivity index (χ0n) is 9.92. The molecule has 8 nitrogen and oxygen atoms in total. The highest BCUT2D eigenvalue weighted by molar-refractivity contribution is 6.33. The number of carbonyl (C=O) groups is 2. The lowest BCUT2D eigenvalue weighted by Crippen LogP contribution is -2.41. The van der Waals surface area contributed by atoms with Crippen molar-refractivity contribution in [3.05, 3.63) is 45.4 Å². The molecule has 0 atom stereocenters. The highest BCUT2D eigenvalue weighted by Gasteiger charge is 2.15. The number of amides is 1. The van der Waals surface area contributed by atoms with Gasteiger partial charge >= 0.3 is 11.6 Å². The predicted molar refractivity (Wildman–Crippen MR) is 66.6 cm³/mol. The number of carboxylic acid groups (broad SMARTS) is 1. The van der Waals surface area contributed by atoms with E-state index in [0.717, 1.165) is 10.9 Å². The summed E-state index contributed by atoms with van der Waals surface area (Å²) in [6, 6.07) is 4.08. The first-order chi connectivity index (χ1) is 9.45. The minimum atomic E-state index is -1.19. The molecule has 2 rings (SSSR count). The van der Waals surface area contributed by atoms with E-state index in [1.165, 1.54) is 18.2 Å². The van der Waals surface area contributed by atoms with Crippen LogP contribution in [0.3, 0.4) is 0 Å². The van der Waals surface area contributed by atoms with Gasteiger partial charge in [-0.2, -0.15) is 0 Å². The molecule has 0 saturated carbocycles. The number of H-pyrrole nitrogens is 1. The third-order valence-corrected chi connectivity index (χ3v) is 2.65. The van der Waals surface area contributed by atoms with Crippen molar-refractivity contribution in [2.75, 3.05) is 5.32 Å². The molecule has 1 aromatic carbocycles. The second kappa shape index (κ2) is 5.57. The van der Waals surface area contributed by atoms with Gasteiger partial charge in [-0.3, -0.25) is 9.32 Å². The lowest BCUT2D eigenvalue weighted by atomic mass is 10.2. The molecule has 0 saturated heterocycles. The Morgan fingerprint density at radius 3 is 2.80 bits per heavy atom. The van der Waals surface area contributed by atoms with E-state index in [2.05, 4.69) is 15.1 Å². The summed E-state index contributed by atoms with van der Waals surface area (Å²) in [5.41, 5.74) is -0.450. The maximum atomic E-state index is 11.7. The number of hydrogen-bond acceptors (Lipinski definition) is 4. The zero-order valence-corrected chi connectivity index (χ0v) is 10.7. The summed E-state index contributed by atoms with van der Waals surface area (Å²) in [5, 5.41) is 13.7. The number of nitrogens with one attached hydrogen (secondary N) is 2. The van der Waals surface area contributed by atoms with E-state index in [0.29, 0.717) is 0 Å². The fraction of sp³-hybridized carbons (Fsp3) is 0.0909. The zero-order chi connectivity index (χ0) is 14.7. The van der Waals surface area contributed by atoms with Crippen LogP contribution in [0.5, 0.6) is 0 Å². The number of anilines is 1. The smallest absolute Gasteiger partial charge is 0.426 e. The summed E-state index contributed by atoms with van der Waals surface area (Å²) < 4.78 is 5.53. The van der Waals surface area contributed by atoms with E-state index in [9.17, 15) is 14.4 Å². The molecular weight excluding hydrogens is 290 g/mol. The van der Waals surface area contributed by atoms with Gasteiger partial charge in [0.2, 0.25) is 0 Å². The fourth-order valence-electron chi connectivity index (χ4n) is 1.48. The normalized spacial score (nSPS) is 10.2. The highest BCUT2D eigenvalue weighted by Crippen LogP contribution is 2.20. The first-order valence-electron chi connectivity index (χ1n) is 5.36. The third-order valence-electron chi connectivity index (χ3n) is 2.32. The summed E-state index contributed by atoms with van der Waals surface area (Å²) in [5.74, 6) is -1.66. The second-order valence-corrected chi connectivity index (χ2v) is 4.22. The number of aromatic amines is 1. The molecule has 0 aliphatic rings. The quantitative estimate of drug-likeness (QED) is 0.699. The van der Waals surface area contributed by atoms with Crippen LogP contribution in [0.4, 0.5) is 5.69 Å². The van der Waals surface area contributed by atoms with Gasteiger partial charge in [-0.05, 0) is 23.5 Å². The predicted octanol–water partition coefficient (Wildman–Crippen LogP) is 0.246. The van der Waals surface area contributed by atoms with E-state index >= 15 is 0 Å². The van der Waals surface area contributed by atoms with E-state index in [1.807, 2.05) is 0 Å². The van der Waals surface area contributed by atoms with Gasteiger partial charge in [0.15, 0.2) is 0 Å². The molecule has 9 heteroatoms. The number of nitrogens with zero attached hydrogens (tertiary/aromatic N) is 1. The number of carbonyl (C=O) groups excluding carboxylic acids is 1. The average Bonchev–Trinajstić information content (AvgIpc) is 2.76. The van der Waals surface area contributed by atoms with Crippen molar-refractivity contribution in [1.82, 2.24) is 5.27 Å². The van der Waals surface area contributed by atoms with Crippen LogP contribution in [0.1, 0.15) is 10.4 Å². The largest absolute Gasteiger partial charge is 0.478 e. The molecule has 3 N–H and O–H groups in total. The molecule has 2 aromatic rings. The van der Waals surface area contributed by atoms with Crippen LogP contribution in [0.15, 0.2) is 33.7 Å². The van der Waals surface area contributed by atoms with Crippen LogP contribution in [0.25, 0.3) is 0 Å². The van der Waals surface area contributed by atoms with Crippen molar-refractivity contribution in [3.8, 4) is 0 Å². The summed E-state index contributed by atoms with van der Waals surface area (Å²) in [7, 11) is 0. The Balaban J connectivity index is 2.10. The number of halogens is 1. The summed E-state index contributed by atoms with van der Waals surface area (Å²) in [4.78, 5) is 33.3. The molecule has 0 unspecified atom stereocenters. The molecular formula is C11H9ClN3O5+. The summed E-state index contributed by atoms with van der Waals surface area (Å²) in [6.45, 7) is -0.184. The topological polar surface area (TPSA) is 116 Å². The minimum Gasteiger partial charge on any atom is -0.478 e. The summed E-state index contributed by atoms with van der Waals surface area (Å²) >= 11 is 5.71. The number of aromatic nitrogens is 2. The Kier molecular flexibility index (Phi) is 3.85. The van der Waals surface area contributed by atoms with E-state index in [1.54, 1.807) is 0 Å². The van der Waals surface area contributed by atoms with Gasteiger partial charge in [-0.15, -0.1) is 0 Å². The Hall–Kier alpha value is -2.61. The SMILES string of the molecule is O=C(C[n+]1cc(=O)o[nH]1)Nc1ccc(Cl)c(C(=O)O)c1. The van der Waals surface area contributed by atoms with Gasteiger partial charge in [0.25, 0.3) is 18.6 Å². The monoisotopic (exact) mass is 298 g/mol. The number of rotatable bonds is 4. The minimum absolute atomic E-state index is 0.0732. The number of hydrogen-bond donors (Lipinski definition) is 3. The van der Waals surface area contributed by atoms with Crippen LogP contribution in [-0.4, -0.2) is 22.3 Å². The van der Waals surface area contributed by atoms with Crippen molar-refractivity contribution in [2.45, 2.75) is 6.54 Å². The van der Waals surface area contributed by atoms with Crippen molar-refractivity contribution in [2.24, 2.45) is 0 Å². The van der Waals surface area contributed by atoms with Crippen molar-refractivity contribution in [3.63, 3.8) is 0 Å². The molecule has 0 aliphatic heterocycles. The van der Waals surface area contributed by atoms with Crippen LogP contribution in [0, 0.1) is 0 Å². The van der Waals surface area contributed by atoms with Crippen LogP contribution < -0.4 is 15.6 Å². The molecule has 1 amide bonds. The first-order valence-corrected chi connectivity index (χ1v) is 5.74. The fourth-order valence-corrected chi connectivity index (χ4v) is 1.68. The van der Waals surface area contributed by atoms with Crippen molar-refractivity contribution < 1.29 is 23.9 Å². The molecule has 0 aliphatic carbocycles. The van der Waals surface area contributed by atoms with Crippen LogP contribution in [0.2, 0.25) is 5.02 Å². The Morgan fingerprint density at radius 2 is 2.20 bits per heavy atom. The molecule has 0 fully saturated rings. The van der Waals surface area contributed by atoms with Crippen molar-refractivity contribution in [1.29, 1.82) is 0 Å². The maximum absolute atomic E-state index is 11.7. The van der Waals surface area contributed by atoms with E-state index < -0.39 is 17.5 Å². The second-order valence-electron chi connectivity index (χ2n) is 3.82. The lowest BCUT2D eigenvalue weighted by molar-refractivity contribution is -0.750. The summed E-state index contributed by atoms with van der Waals surface area (Å²) in [6.07, 6.45) is 1.07. The molecule has 1 heterocycles. The number of carboxylic acids is 1. The third kappa shape index (κ3) is 3.23. The van der Waals surface area contributed by atoms with Gasteiger partial charge in [-0.1, -0.05) is 16.3 Å².